The minimum atomic E-state index is -1.05. The maximum atomic E-state index is 13.2. The molecule has 1 aliphatic rings. The van der Waals surface area contributed by atoms with Crippen molar-refractivity contribution < 1.29 is 19.6 Å². The van der Waals surface area contributed by atoms with Gasteiger partial charge in [0.05, 0.1) is 26.4 Å². The fourth-order valence-corrected chi connectivity index (χ4v) is 4.88. The Morgan fingerprint density at radius 2 is 1.88 bits per heavy atom. The number of aliphatic hydroxyl groups is 1. The molecule has 0 bridgehead atoms. The molecule has 2 aromatic heterocycles. The second kappa shape index (κ2) is 8.32. The van der Waals surface area contributed by atoms with Crippen molar-refractivity contribution in [2.75, 3.05) is 4.90 Å². The van der Waals surface area contributed by atoms with Crippen LogP contribution in [-0.4, -0.2) is 31.7 Å². The Kier molecular flexibility index (Phi) is 5.31. The molecular weight excluding hydrogens is 480 g/mol. The van der Waals surface area contributed by atoms with Gasteiger partial charge in [-0.15, -0.1) is 0 Å². The number of hydrogen-bond acceptors (Lipinski definition) is 8. The van der Waals surface area contributed by atoms with E-state index in [9.17, 15) is 24.8 Å². The number of aliphatic hydroxyl groups excluding tert-OH is 1. The number of amides is 1. The number of nitro groups is 1. The van der Waals surface area contributed by atoms with Crippen LogP contribution in [-0.2, 0) is 9.59 Å². The molecule has 34 heavy (non-hydrogen) atoms. The lowest BCUT2D eigenvalue weighted by molar-refractivity contribution is -0.384. The third kappa shape index (κ3) is 3.58. The Morgan fingerprint density at radius 1 is 1.12 bits per heavy atom. The van der Waals surface area contributed by atoms with Gasteiger partial charge >= 0.3 is 5.91 Å². The van der Waals surface area contributed by atoms with Crippen LogP contribution in [0.2, 0.25) is 5.02 Å². The fourth-order valence-electron chi connectivity index (χ4n) is 3.73. The number of halogens is 1. The summed E-state index contributed by atoms with van der Waals surface area (Å²) in [5.74, 6) is -2.15. The van der Waals surface area contributed by atoms with E-state index in [1.54, 1.807) is 30.3 Å². The Morgan fingerprint density at radius 3 is 2.56 bits per heavy atom. The first-order valence-corrected chi connectivity index (χ1v) is 11.1. The number of thiazole rings is 1. The lowest BCUT2D eigenvalue weighted by Crippen LogP contribution is -2.29. The number of benzene rings is 2. The fraction of sp³-hybridized carbons (Fsp3) is 0.0435. The highest BCUT2D eigenvalue weighted by atomic mass is 35.5. The average Bonchev–Trinajstić information content (AvgIpc) is 3.37. The van der Waals surface area contributed by atoms with Crippen molar-refractivity contribution in [3.63, 3.8) is 0 Å². The van der Waals surface area contributed by atoms with Crippen LogP contribution >= 0.6 is 22.9 Å². The smallest absolute Gasteiger partial charge is 0.301 e. The van der Waals surface area contributed by atoms with Gasteiger partial charge in [0.1, 0.15) is 11.8 Å². The molecule has 1 saturated heterocycles. The van der Waals surface area contributed by atoms with Gasteiger partial charge in [0.15, 0.2) is 5.13 Å². The maximum Gasteiger partial charge on any atom is 0.301 e. The molecular formula is C23H13ClN4O5S. The standard InChI is InChI=1S/C23H13ClN4O5S/c24-13-6-4-12(5-7-13)20(29)18-19(16-3-1-2-10-25-16)27(22(31)21(18)30)23-26-15-9-8-14(28(32)33)11-17(15)34-23/h1-11,19,29H/b20-18+. The number of fused-ring (bicyclic) bond motifs is 1. The van der Waals surface area contributed by atoms with Crippen LogP contribution in [0.25, 0.3) is 16.0 Å². The van der Waals surface area contributed by atoms with Gasteiger partial charge in [-0.2, -0.15) is 0 Å². The van der Waals surface area contributed by atoms with Crippen molar-refractivity contribution >= 4 is 61.4 Å². The predicted octanol–water partition coefficient (Wildman–Crippen LogP) is 4.88. The number of rotatable bonds is 4. The lowest BCUT2D eigenvalue weighted by atomic mass is 9.98. The molecule has 168 valence electrons. The molecule has 1 aliphatic heterocycles. The van der Waals surface area contributed by atoms with E-state index in [1.165, 1.54) is 41.4 Å². The summed E-state index contributed by atoms with van der Waals surface area (Å²) in [6.07, 6.45) is 1.51. The van der Waals surface area contributed by atoms with Crippen LogP contribution in [0.15, 0.2) is 72.4 Å². The lowest BCUT2D eigenvalue weighted by Gasteiger charge is -2.21. The molecule has 1 amide bonds. The number of non-ortho nitro benzene ring substituents is 1. The minimum Gasteiger partial charge on any atom is -0.507 e. The molecule has 1 fully saturated rings. The number of hydrogen-bond donors (Lipinski definition) is 1. The summed E-state index contributed by atoms with van der Waals surface area (Å²) in [4.78, 5) is 46.9. The molecule has 0 spiro atoms. The van der Waals surface area contributed by atoms with Gasteiger partial charge in [0.25, 0.3) is 11.5 Å². The van der Waals surface area contributed by atoms with E-state index in [0.717, 1.165) is 11.3 Å². The van der Waals surface area contributed by atoms with Crippen molar-refractivity contribution in [1.82, 2.24) is 9.97 Å². The summed E-state index contributed by atoms with van der Waals surface area (Å²) in [6.45, 7) is 0. The molecule has 9 nitrogen and oxygen atoms in total. The Labute approximate surface area is 200 Å². The summed E-state index contributed by atoms with van der Waals surface area (Å²) >= 11 is 6.97. The molecule has 0 radical (unpaired) electrons. The van der Waals surface area contributed by atoms with E-state index in [4.69, 9.17) is 11.6 Å². The highest BCUT2D eigenvalue weighted by molar-refractivity contribution is 7.22. The number of nitro benzene ring substituents is 1. The number of pyridine rings is 1. The molecule has 1 N–H and O–H groups in total. The summed E-state index contributed by atoms with van der Waals surface area (Å²) in [5.41, 5.74) is 0.834. The van der Waals surface area contributed by atoms with E-state index in [2.05, 4.69) is 9.97 Å². The normalized spacial score (nSPS) is 17.4. The van der Waals surface area contributed by atoms with E-state index >= 15 is 0 Å². The van der Waals surface area contributed by atoms with Gasteiger partial charge in [0, 0.05) is 28.9 Å². The second-order valence-corrected chi connectivity index (χ2v) is 8.78. The molecule has 1 unspecified atom stereocenters. The number of carbonyl (C=O) groups is 2. The quantitative estimate of drug-likeness (QED) is 0.141. The second-order valence-electron chi connectivity index (χ2n) is 7.34. The van der Waals surface area contributed by atoms with Gasteiger partial charge in [-0.05, 0) is 42.5 Å². The first-order chi connectivity index (χ1) is 16.3. The number of Topliss-reactive ketones (excluding diaryl/α,β-unsaturated/α-hetero) is 1. The van der Waals surface area contributed by atoms with Gasteiger partial charge < -0.3 is 5.11 Å². The highest BCUT2D eigenvalue weighted by Gasteiger charge is 2.48. The van der Waals surface area contributed by atoms with E-state index in [0.29, 0.717) is 26.5 Å². The van der Waals surface area contributed by atoms with Gasteiger partial charge in [0.2, 0.25) is 0 Å². The summed E-state index contributed by atoms with van der Waals surface area (Å²) < 4.78 is 0.476. The van der Waals surface area contributed by atoms with Crippen LogP contribution in [0.1, 0.15) is 17.3 Å². The number of ketones is 1. The number of nitrogens with zero attached hydrogens (tertiary/aromatic N) is 4. The monoisotopic (exact) mass is 492 g/mol. The van der Waals surface area contributed by atoms with Crippen molar-refractivity contribution in [3.8, 4) is 0 Å². The summed E-state index contributed by atoms with van der Waals surface area (Å²) in [5, 5.41) is 22.8. The van der Waals surface area contributed by atoms with E-state index in [1.807, 2.05) is 0 Å². The molecule has 5 rings (SSSR count). The number of carbonyl (C=O) groups excluding carboxylic acids is 2. The zero-order chi connectivity index (χ0) is 24.0. The first kappa shape index (κ1) is 21.7. The molecule has 3 heterocycles. The van der Waals surface area contributed by atoms with Crippen molar-refractivity contribution in [2.45, 2.75) is 6.04 Å². The van der Waals surface area contributed by atoms with Gasteiger partial charge in [-0.3, -0.25) is 29.6 Å². The Hall–Kier alpha value is -4.15. The molecule has 0 saturated carbocycles. The van der Waals surface area contributed by atoms with Crippen LogP contribution in [0, 0.1) is 10.1 Å². The summed E-state index contributed by atoms with van der Waals surface area (Å²) in [6, 6.07) is 14.3. The molecule has 2 aromatic carbocycles. The van der Waals surface area contributed by atoms with Crippen LogP contribution < -0.4 is 4.90 Å². The van der Waals surface area contributed by atoms with Crippen molar-refractivity contribution in [3.05, 3.63) is 98.8 Å². The first-order valence-electron chi connectivity index (χ1n) is 9.88. The van der Waals surface area contributed by atoms with Crippen molar-refractivity contribution in [2.24, 2.45) is 0 Å². The highest BCUT2D eigenvalue weighted by Crippen LogP contribution is 2.44. The van der Waals surface area contributed by atoms with Gasteiger partial charge in [-0.25, -0.2) is 4.98 Å². The molecule has 4 aromatic rings. The topological polar surface area (TPSA) is 127 Å². The van der Waals surface area contributed by atoms with E-state index < -0.39 is 22.7 Å². The number of anilines is 1. The predicted molar refractivity (Wildman–Crippen MR) is 127 cm³/mol. The number of aromatic nitrogens is 2. The third-order valence-corrected chi connectivity index (χ3v) is 6.58. The third-order valence-electron chi connectivity index (χ3n) is 5.31. The maximum absolute atomic E-state index is 13.2. The Bertz CT molecular complexity index is 1500. The van der Waals surface area contributed by atoms with Crippen molar-refractivity contribution in [1.29, 1.82) is 0 Å². The molecule has 11 heteroatoms. The minimum absolute atomic E-state index is 0.117. The van der Waals surface area contributed by atoms with Crippen LogP contribution in [0.4, 0.5) is 10.8 Å². The molecule has 0 aliphatic carbocycles. The van der Waals surface area contributed by atoms with Crippen LogP contribution in [0.3, 0.4) is 0 Å². The zero-order valence-electron chi connectivity index (χ0n) is 17.1. The molecule has 1 atom stereocenters. The van der Waals surface area contributed by atoms with Crippen LogP contribution in [0.5, 0.6) is 0 Å². The average molecular weight is 493 g/mol. The SMILES string of the molecule is O=C1C(=O)N(c2nc3ccc([N+](=O)[O-])cc3s2)C(c2ccccn2)/C1=C(\O)c1ccc(Cl)cc1. The van der Waals surface area contributed by atoms with Gasteiger partial charge in [-0.1, -0.05) is 29.0 Å². The largest absolute Gasteiger partial charge is 0.507 e. The summed E-state index contributed by atoms with van der Waals surface area (Å²) in [7, 11) is 0. The Balaban J connectivity index is 1.70. The van der Waals surface area contributed by atoms with E-state index in [-0.39, 0.29) is 22.2 Å². The zero-order valence-corrected chi connectivity index (χ0v) is 18.7.